The largest absolute Gasteiger partial charge is 0.346 e. The lowest BCUT2D eigenvalue weighted by Crippen LogP contribution is -2.08. The second-order valence-electron chi connectivity index (χ2n) is 5.51. The van der Waals surface area contributed by atoms with Crippen LogP contribution in [0, 0.1) is 13.8 Å². The SMILES string of the molecule is CC(=O)Nc1nnc(SCC(=O)c2cc(C)n(C(C)C)c2C)s1. The Balaban J connectivity index is 2.04. The molecule has 0 radical (unpaired) electrons. The van der Waals surface area contributed by atoms with Crippen LogP contribution in [0.2, 0.25) is 0 Å². The summed E-state index contributed by atoms with van der Waals surface area (Å²) in [5, 5.41) is 10.9. The fraction of sp³-hybridized carbons (Fsp3) is 0.467. The maximum absolute atomic E-state index is 12.5. The molecule has 0 fully saturated rings. The van der Waals surface area contributed by atoms with E-state index in [-0.39, 0.29) is 11.7 Å². The minimum absolute atomic E-state index is 0.0753. The summed E-state index contributed by atoms with van der Waals surface area (Å²) in [7, 11) is 0. The van der Waals surface area contributed by atoms with Crippen molar-refractivity contribution < 1.29 is 9.59 Å². The summed E-state index contributed by atoms with van der Waals surface area (Å²) in [6.45, 7) is 9.62. The molecule has 23 heavy (non-hydrogen) atoms. The highest BCUT2D eigenvalue weighted by atomic mass is 32.2. The molecular weight excluding hydrogens is 332 g/mol. The van der Waals surface area contributed by atoms with Crippen LogP contribution in [0.5, 0.6) is 0 Å². The predicted octanol–water partition coefficient (Wildman–Crippen LogP) is 3.47. The first kappa shape index (κ1) is 17.7. The van der Waals surface area contributed by atoms with Crippen LogP contribution in [0.4, 0.5) is 5.13 Å². The highest BCUT2D eigenvalue weighted by Gasteiger charge is 2.18. The molecule has 2 rings (SSSR count). The van der Waals surface area contributed by atoms with Crippen molar-refractivity contribution in [2.45, 2.75) is 45.0 Å². The van der Waals surface area contributed by atoms with E-state index in [1.165, 1.54) is 30.0 Å². The fourth-order valence-electron chi connectivity index (χ4n) is 2.53. The standard InChI is InChI=1S/C15H20N4O2S2/c1-8(2)19-9(3)6-12(10(19)4)13(21)7-22-15-18-17-14(23-15)16-11(5)20/h6,8H,7H2,1-5H3,(H,16,17,20). The Morgan fingerprint density at radius 2 is 2.04 bits per heavy atom. The summed E-state index contributed by atoms with van der Waals surface area (Å²) in [6, 6.07) is 2.27. The molecule has 0 saturated carbocycles. The lowest BCUT2D eigenvalue weighted by Gasteiger charge is -2.13. The molecule has 124 valence electrons. The number of aromatic nitrogens is 3. The number of thioether (sulfide) groups is 1. The van der Waals surface area contributed by atoms with E-state index in [0.29, 0.717) is 21.3 Å². The van der Waals surface area contributed by atoms with Crippen LogP contribution in [0.25, 0.3) is 0 Å². The molecule has 6 nitrogen and oxygen atoms in total. The number of carbonyl (C=O) groups excluding carboxylic acids is 2. The van der Waals surface area contributed by atoms with Gasteiger partial charge in [0.1, 0.15) is 0 Å². The molecule has 1 amide bonds. The van der Waals surface area contributed by atoms with Crippen LogP contribution in [0.1, 0.15) is 48.6 Å². The number of hydrogen-bond acceptors (Lipinski definition) is 6. The van der Waals surface area contributed by atoms with Crippen LogP contribution in [-0.4, -0.2) is 32.2 Å². The Hall–Kier alpha value is -1.67. The summed E-state index contributed by atoms with van der Waals surface area (Å²) >= 11 is 2.61. The molecule has 0 saturated heterocycles. The zero-order chi connectivity index (χ0) is 17.1. The van der Waals surface area contributed by atoms with E-state index < -0.39 is 0 Å². The first-order valence-corrected chi connectivity index (χ1v) is 9.05. The van der Waals surface area contributed by atoms with E-state index in [2.05, 4.69) is 33.9 Å². The third kappa shape index (κ3) is 4.20. The van der Waals surface area contributed by atoms with E-state index in [1.807, 2.05) is 19.9 Å². The van der Waals surface area contributed by atoms with Gasteiger partial charge in [0, 0.05) is 29.9 Å². The van der Waals surface area contributed by atoms with E-state index >= 15 is 0 Å². The van der Waals surface area contributed by atoms with Crippen molar-refractivity contribution in [1.29, 1.82) is 0 Å². The molecule has 0 spiro atoms. The van der Waals surface area contributed by atoms with Gasteiger partial charge in [-0.05, 0) is 33.8 Å². The number of anilines is 1. The first-order chi connectivity index (χ1) is 10.8. The van der Waals surface area contributed by atoms with Crippen molar-refractivity contribution in [3.05, 3.63) is 23.0 Å². The van der Waals surface area contributed by atoms with Gasteiger partial charge in [-0.2, -0.15) is 0 Å². The fourth-order valence-corrected chi connectivity index (χ4v) is 4.21. The van der Waals surface area contributed by atoms with E-state index in [1.54, 1.807) is 0 Å². The summed E-state index contributed by atoms with van der Waals surface area (Å²) in [5.41, 5.74) is 2.85. The van der Waals surface area contributed by atoms with Gasteiger partial charge in [0.2, 0.25) is 11.0 Å². The highest BCUT2D eigenvalue weighted by Crippen LogP contribution is 2.27. The van der Waals surface area contributed by atoms with E-state index in [9.17, 15) is 9.59 Å². The second-order valence-corrected chi connectivity index (χ2v) is 7.71. The number of aryl methyl sites for hydroxylation is 1. The topological polar surface area (TPSA) is 76.9 Å². The Morgan fingerprint density at radius 1 is 1.35 bits per heavy atom. The summed E-state index contributed by atoms with van der Waals surface area (Å²) < 4.78 is 2.83. The maximum Gasteiger partial charge on any atom is 0.223 e. The van der Waals surface area contributed by atoms with Crippen molar-refractivity contribution >= 4 is 39.9 Å². The van der Waals surface area contributed by atoms with Crippen LogP contribution in [-0.2, 0) is 4.79 Å². The summed E-state index contributed by atoms with van der Waals surface area (Å²) in [5.74, 6) is 0.193. The molecule has 0 aliphatic rings. The number of nitrogens with one attached hydrogen (secondary N) is 1. The smallest absolute Gasteiger partial charge is 0.223 e. The summed E-state index contributed by atoms with van der Waals surface area (Å²) in [4.78, 5) is 23.4. The first-order valence-electron chi connectivity index (χ1n) is 7.25. The molecule has 8 heteroatoms. The number of hydrogen-bond donors (Lipinski definition) is 1. The molecule has 1 N–H and O–H groups in total. The molecule has 0 aliphatic carbocycles. The van der Waals surface area contributed by atoms with Crippen molar-refractivity contribution in [3.63, 3.8) is 0 Å². The lowest BCUT2D eigenvalue weighted by atomic mass is 10.2. The Labute approximate surface area is 143 Å². The number of rotatable bonds is 6. The molecular formula is C15H20N4O2S2. The molecule has 2 aromatic heterocycles. The number of carbonyl (C=O) groups is 2. The molecule has 0 unspecified atom stereocenters. The van der Waals surface area contributed by atoms with Gasteiger partial charge in [0.15, 0.2) is 10.1 Å². The van der Waals surface area contributed by atoms with Crippen LogP contribution in [0.3, 0.4) is 0 Å². The maximum atomic E-state index is 12.5. The van der Waals surface area contributed by atoms with E-state index in [0.717, 1.165) is 17.0 Å². The summed E-state index contributed by atoms with van der Waals surface area (Å²) in [6.07, 6.45) is 0. The van der Waals surface area contributed by atoms with Gasteiger partial charge < -0.3 is 9.88 Å². The van der Waals surface area contributed by atoms with Gasteiger partial charge in [0.25, 0.3) is 0 Å². The molecule has 0 bridgehead atoms. The van der Waals surface area contributed by atoms with Gasteiger partial charge in [-0.1, -0.05) is 23.1 Å². The molecule has 0 aromatic carbocycles. The quantitative estimate of drug-likeness (QED) is 0.489. The van der Waals surface area contributed by atoms with Crippen LogP contribution in [0.15, 0.2) is 10.4 Å². The molecule has 2 aromatic rings. The molecule has 2 heterocycles. The predicted molar refractivity (Wildman–Crippen MR) is 93.6 cm³/mol. The minimum atomic E-state index is -0.185. The van der Waals surface area contributed by atoms with Crippen molar-refractivity contribution in [2.75, 3.05) is 11.1 Å². The van der Waals surface area contributed by atoms with Gasteiger partial charge in [-0.3, -0.25) is 9.59 Å². The third-order valence-corrected chi connectivity index (χ3v) is 5.29. The number of ketones is 1. The van der Waals surface area contributed by atoms with Gasteiger partial charge in [-0.15, -0.1) is 10.2 Å². The molecule has 0 atom stereocenters. The number of Topliss-reactive ketones (excluding diaryl/α,β-unsaturated/α-hetero) is 1. The van der Waals surface area contributed by atoms with Gasteiger partial charge in [-0.25, -0.2) is 0 Å². The van der Waals surface area contributed by atoms with Crippen LogP contribution < -0.4 is 5.32 Å². The Bertz CT molecular complexity index is 734. The van der Waals surface area contributed by atoms with Crippen molar-refractivity contribution in [3.8, 4) is 0 Å². The van der Waals surface area contributed by atoms with Crippen molar-refractivity contribution in [2.24, 2.45) is 0 Å². The number of nitrogens with zero attached hydrogens (tertiary/aromatic N) is 3. The van der Waals surface area contributed by atoms with Gasteiger partial charge >= 0.3 is 0 Å². The average Bonchev–Trinajstić information content (AvgIpc) is 2.99. The highest BCUT2D eigenvalue weighted by molar-refractivity contribution is 8.01. The zero-order valence-corrected chi connectivity index (χ0v) is 15.5. The third-order valence-electron chi connectivity index (χ3n) is 3.32. The zero-order valence-electron chi connectivity index (χ0n) is 13.8. The minimum Gasteiger partial charge on any atom is -0.346 e. The normalized spacial score (nSPS) is 11.0. The molecule has 0 aliphatic heterocycles. The average molecular weight is 352 g/mol. The second kappa shape index (κ2) is 7.27. The number of amides is 1. The monoisotopic (exact) mass is 352 g/mol. The van der Waals surface area contributed by atoms with Crippen molar-refractivity contribution in [1.82, 2.24) is 14.8 Å². The Kier molecular flexibility index (Phi) is 5.59. The van der Waals surface area contributed by atoms with Crippen LogP contribution >= 0.6 is 23.1 Å². The van der Waals surface area contributed by atoms with E-state index in [4.69, 9.17) is 0 Å². The van der Waals surface area contributed by atoms with Gasteiger partial charge in [0.05, 0.1) is 5.75 Å². The Morgan fingerprint density at radius 3 is 2.61 bits per heavy atom. The lowest BCUT2D eigenvalue weighted by molar-refractivity contribution is -0.114.